The number of nitrogens with one attached hydrogen (secondary N) is 2. The van der Waals surface area contributed by atoms with Crippen LogP contribution in [0.2, 0.25) is 0 Å². The van der Waals surface area contributed by atoms with E-state index < -0.39 is 4.92 Å². The maximum absolute atomic E-state index is 11.0. The lowest BCUT2D eigenvalue weighted by Gasteiger charge is -2.25. The number of nitro groups is 1. The van der Waals surface area contributed by atoms with Gasteiger partial charge in [-0.25, -0.2) is 4.98 Å². The van der Waals surface area contributed by atoms with Gasteiger partial charge in [-0.1, -0.05) is 6.92 Å². The number of ether oxygens (including phenoxy) is 1. The molecule has 0 amide bonds. The average Bonchev–Trinajstić information content (AvgIpc) is 2.43. The fraction of sp³-hybridized carbons (Fsp3) is 0.643. The molecule has 7 heteroatoms. The molecular weight excluding hydrogens is 272 g/mol. The van der Waals surface area contributed by atoms with Crippen molar-refractivity contribution < 1.29 is 9.66 Å². The molecule has 0 spiro atoms. The molecule has 0 bridgehead atoms. The number of hydrogen-bond acceptors (Lipinski definition) is 6. The van der Waals surface area contributed by atoms with Gasteiger partial charge in [0.1, 0.15) is 11.6 Å². The van der Waals surface area contributed by atoms with Crippen molar-refractivity contribution in [3.05, 3.63) is 22.2 Å². The topological polar surface area (TPSA) is 89.3 Å². The lowest BCUT2D eigenvalue weighted by Crippen LogP contribution is -2.33. The highest BCUT2D eigenvalue weighted by Gasteiger charge is 2.18. The molecule has 0 fully saturated rings. The first-order valence-corrected chi connectivity index (χ1v) is 7.16. The molecule has 1 rings (SSSR count). The quantitative estimate of drug-likeness (QED) is 0.538. The maximum Gasteiger partial charge on any atom is 0.276 e. The van der Waals surface area contributed by atoms with Gasteiger partial charge in [0.25, 0.3) is 5.69 Å². The van der Waals surface area contributed by atoms with Crippen LogP contribution in [0, 0.1) is 10.1 Å². The smallest absolute Gasteiger partial charge is 0.276 e. The van der Waals surface area contributed by atoms with E-state index in [4.69, 9.17) is 4.74 Å². The van der Waals surface area contributed by atoms with Crippen molar-refractivity contribution in [1.82, 2.24) is 4.98 Å². The van der Waals surface area contributed by atoms with Crippen molar-refractivity contribution in [3.8, 4) is 0 Å². The van der Waals surface area contributed by atoms with Gasteiger partial charge in [-0.05, 0) is 27.2 Å². The Morgan fingerprint density at radius 2 is 1.90 bits per heavy atom. The molecule has 2 N–H and O–H groups in total. The second kappa shape index (κ2) is 7.78. The van der Waals surface area contributed by atoms with Crippen LogP contribution in [0.4, 0.5) is 17.3 Å². The first kappa shape index (κ1) is 17.2. The van der Waals surface area contributed by atoms with E-state index in [0.717, 1.165) is 13.0 Å². The summed E-state index contributed by atoms with van der Waals surface area (Å²) in [7, 11) is 0. The molecule has 0 aromatic carbocycles. The third-order valence-corrected chi connectivity index (χ3v) is 2.81. The zero-order valence-corrected chi connectivity index (χ0v) is 13.1. The summed E-state index contributed by atoms with van der Waals surface area (Å²) in [5.74, 6) is 0.971. The molecule has 0 aliphatic carbocycles. The van der Waals surface area contributed by atoms with Crippen LogP contribution in [0.3, 0.4) is 0 Å². The molecular formula is C14H24N4O3. The fourth-order valence-electron chi connectivity index (χ4n) is 1.80. The Morgan fingerprint density at radius 1 is 1.29 bits per heavy atom. The molecule has 0 aliphatic heterocycles. The van der Waals surface area contributed by atoms with Crippen molar-refractivity contribution in [2.24, 2.45) is 0 Å². The first-order chi connectivity index (χ1) is 9.88. The van der Waals surface area contributed by atoms with Crippen LogP contribution < -0.4 is 10.6 Å². The van der Waals surface area contributed by atoms with E-state index in [-0.39, 0.29) is 11.3 Å². The van der Waals surface area contributed by atoms with Crippen molar-refractivity contribution in [1.29, 1.82) is 0 Å². The summed E-state index contributed by atoms with van der Waals surface area (Å²) in [6.07, 6.45) is 0.921. The second-order valence-electron chi connectivity index (χ2n) is 5.33. The molecule has 1 aromatic heterocycles. The zero-order chi connectivity index (χ0) is 15.9. The predicted molar refractivity (Wildman–Crippen MR) is 83.9 cm³/mol. The Hall–Kier alpha value is -1.89. The molecule has 0 radical (unpaired) electrons. The zero-order valence-electron chi connectivity index (χ0n) is 13.1. The Kier molecular flexibility index (Phi) is 6.36. The standard InChI is InChI=1S/C14H24N4O3/c1-5-7-15-12-8-11(18(19)20)9-13(17-12)16-10-14(3,4)21-6-2/h8-9H,5-7,10H2,1-4H3,(H2,15,16,17). The third-order valence-electron chi connectivity index (χ3n) is 2.81. The number of pyridine rings is 1. The highest BCUT2D eigenvalue weighted by Crippen LogP contribution is 2.21. The first-order valence-electron chi connectivity index (χ1n) is 7.16. The van der Waals surface area contributed by atoms with Crippen molar-refractivity contribution >= 4 is 17.3 Å². The molecule has 0 aliphatic rings. The van der Waals surface area contributed by atoms with Crippen LogP contribution in [0.5, 0.6) is 0 Å². The number of nitrogens with zero attached hydrogens (tertiary/aromatic N) is 2. The van der Waals surface area contributed by atoms with Gasteiger partial charge in [0.05, 0.1) is 22.7 Å². The van der Waals surface area contributed by atoms with Gasteiger partial charge in [-0.2, -0.15) is 0 Å². The molecule has 0 saturated heterocycles. The normalized spacial score (nSPS) is 11.2. The van der Waals surface area contributed by atoms with Gasteiger partial charge in [0.2, 0.25) is 0 Å². The summed E-state index contributed by atoms with van der Waals surface area (Å²) in [5.41, 5.74) is -0.349. The molecule has 7 nitrogen and oxygen atoms in total. The summed E-state index contributed by atoms with van der Waals surface area (Å²) >= 11 is 0. The van der Waals surface area contributed by atoms with E-state index in [1.807, 2.05) is 27.7 Å². The largest absolute Gasteiger partial charge is 0.374 e. The summed E-state index contributed by atoms with van der Waals surface area (Å²) in [5, 5.41) is 17.1. The van der Waals surface area contributed by atoms with E-state index in [1.54, 1.807) is 0 Å². The minimum Gasteiger partial charge on any atom is -0.374 e. The van der Waals surface area contributed by atoms with Gasteiger partial charge >= 0.3 is 0 Å². The fourth-order valence-corrected chi connectivity index (χ4v) is 1.80. The Bertz CT molecular complexity index is 477. The molecule has 0 unspecified atom stereocenters. The molecule has 1 heterocycles. The molecule has 118 valence electrons. The second-order valence-corrected chi connectivity index (χ2v) is 5.33. The van der Waals surface area contributed by atoms with Crippen molar-refractivity contribution in [2.45, 2.75) is 39.7 Å². The Morgan fingerprint density at radius 3 is 2.43 bits per heavy atom. The summed E-state index contributed by atoms with van der Waals surface area (Å²) in [6, 6.07) is 2.87. The number of rotatable bonds is 9. The molecule has 21 heavy (non-hydrogen) atoms. The van der Waals surface area contributed by atoms with E-state index in [2.05, 4.69) is 15.6 Å². The SMILES string of the molecule is CCCNc1cc([N+](=O)[O-])cc(NCC(C)(C)OCC)n1. The van der Waals surface area contributed by atoms with Crippen LogP contribution in [-0.2, 0) is 4.74 Å². The Labute approximate surface area is 125 Å². The van der Waals surface area contributed by atoms with E-state index in [1.165, 1.54) is 12.1 Å². The van der Waals surface area contributed by atoms with Gasteiger partial charge in [0.15, 0.2) is 0 Å². The van der Waals surface area contributed by atoms with Crippen LogP contribution in [-0.4, -0.2) is 35.2 Å². The van der Waals surface area contributed by atoms with E-state index >= 15 is 0 Å². The summed E-state index contributed by atoms with van der Waals surface area (Å²) in [4.78, 5) is 14.9. The monoisotopic (exact) mass is 296 g/mol. The van der Waals surface area contributed by atoms with Crippen LogP contribution in [0.25, 0.3) is 0 Å². The summed E-state index contributed by atoms with van der Waals surface area (Å²) < 4.78 is 5.58. The van der Waals surface area contributed by atoms with E-state index in [0.29, 0.717) is 24.8 Å². The number of aromatic nitrogens is 1. The Balaban J connectivity index is 2.84. The van der Waals surface area contributed by atoms with Gasteiger partial charge in [0, 0.05) is 19.7 Å². The summed E-state index contributed by atoms with van der Waals surface area (Å²) in [6.45, 7) is 9.71. The number of anilines is 2. The highest BCUT2D eigenvalue weighted by molar-refractivity contribution is 5.54. The van der Waals surface area contributed by atoms with E-state index in [9.17, 15) is 10.1 Å². The van der Waals surface area contributed by atoms with Gasteiger partial charge in [-0.3, -0.25) is 10.1 Å². The van der Waals surface area contributed by atoms with Crippen LogP contribution >= 0.6 is 0 Å². The third kappa shape index (κ3) is 5.95. The lowest BCUT2D eigenvalue weighted by molar-refractivity contribution is -0.384. The molecule has 1 aromatic rings. The van der Waals surface area contributed by atoms with Gasteiger partial charge in [-0.15, -0.1) is 0 Å². The minimum absolute atomic E-state index is 0.0142. The van der Waals surface area contributed by atoms with Crippen LogP contribution in [0.15, 0.2) is 12.1 Å². The van der Waals surface area contributed by atoms with Gasteiger partial charge < -0.3 is 15.4 Å². The maximum atomic E-state index is 11.0. The van der Waals surface area contributed by atoms with Crippen LogP contribution in [0.1, 0.15) is 34.1 Å². The molecule has 0 saturated carbocycles. The predicted octanol–water partition coefficient (Wildman–Crippen LogP) is 3.04. The number of hydrogen-bond donors (Lipinski definition) is 2. The van der Waals surface area contributed by atoms with Crippen molar-refractivity contribution in [3.63, 3.8) is 0 Å². The average molecular weight is 296 g/mol. The minimum atomic E-state index is -0.419. The molecule has 0 atom stereocenters. The lowest BCUT2D eigenvalue weighted by atomic mass is 10.1. The van der Waals surface area contributed by atoms with Crippen molar-refractivity contribution in [2.75, 3.05) is 30.3 Å². The highest BCUT2D eigenvalue weighted by atomic mass is 16.6.